The molecule has 0 spiro atoms. The van der Waals surface area contributed by atoms with E-state index < -0.39 is 0 Å². The third-order valence-corrected chi connectivity index (χ3v) is 1.50. The molecule has 52 valence electrons. The van der Waals surface area contributed by atoms with Gasteiger partial charge in [0.1, 0.15) is 6.61 Å². The van der Waals surface area contributed by atoms with E-state index in [4.69, 9.17) is 4.84 Å². The zero-order valence-corrected chi connectivity index (χ0v) is 5.89. The van der Waals surface area contributed by atoms with Gasteiger partial charge in [-0.2, -0.15) is 0 Å². The third kappa shape index (κ3) is 2.04. The van der Waals surface area contributed by atoms with Crippen LogP contribution in [0, 0.1) is 0 Å². The highest BCUT2D eigenvalue weighted by atomic mass is 16.6. The molecule has 0 bridgehead atoms. The Morgan fingerprint density at radius 1 is 1.44 bits per heavy atom. The quantitative estimate of drug-likeness (QED) is 0.519. The normalized spacial score (nSPS) is 18.1. The zero-order valence-electron chi connectivity index (χ0n) is 5.89. The number of oxime groups is 1. The Labute approximate surface area is 55.9 Å². The molecule has 0 amide bonds. The summed E-state index contributed by atoms with van der Waals surface area (Å²) < 4.78 is 0. The van der Waals surface area contributed by atoms with Gasteiger partial charge in [0.25, 0.3) is 0 Å². The molecular formula is C7H13NO. The van der Waals surface area contributed by atoms with E-state index in [1.54, 1.807) is 0 Å². The molecule has 0 aromatic rings. The molecule has 0 aliphatic heterocycles. The van der Waals surface area contributed by atoms with Crippen LogP contribution in [-0.4, -0.2) is 12.3 Å². The summed E-state index contributed by atoms with van der Waals surface area (Å²) >= 11 is 0. The van der Waals surface area contributed by atoms with Gasteiger partial charge in [0, 0.05) is 0 Å². The number of rotatable bonds is 2. The van der Waals surface area contributed by atoms with Crippen LogP contribution in [0.2, 0.25) is 0 Å². The van der Waals surface area contributed by atoms with Crippen LogP contribution in [-0.2, 0) is 4.84 Å². The Morgan fingerprint density at radius 2 is 2.11 bits per heavy atom. The highest BCUT2D eigenvalue weighted by Gasteiger charge is 2.07. The first-order chi connectivity index (χ1) is 4.43. The topological polar surface area (TPSA) is 21.6 Å². The number of nitrogens with zero attached hydrogens (tertiary/aromatic N) is 1. The summed E-state index contributed by atoms with van der Waals surface area (Å²) in [5.41, 5.74) is 1.25. The molecule has 1 aliphatic rings. The molecule has 1 aliphatic carbocycles. The van der Waals surface area contributed by atoms with E-state index >= 15 is 0 Å². The van der Waals surface area contributed by atoms with Crippen LogP contribution in [0.1, 0.15) is 32.6 Å². The lowest BCUT2D eigenvalue weighted by Crippen LogP contribution is -1.90. The first-order valence-corrected chi connectivity index (χ1v) is 3.61. The van der Waals surface area contributed by atoms with Crippen molar-refractivity contribution in [3.8, 4) is 0 Å². The van der Waals surface area contributed by atoms with Crippen LogP contribution >= 0.6 is 0 Å². The summed E-state index contributed by atoms with van der Waals surface area (Å²) in [6.45, 7) is 2.66. The van der Waals surface area contributed by atoms with E-state index in [0.29, 0.717) is 6.61 Å². The minimum absolute atomic E-state index is 0.698. The predicted molar refractivity (Wildman–Crippen MR) is 37.5 cm³/mol. The molecular weight excluding hydrogens is 114 g/mol. The summed E-state index contributed by atoms with van der Waals surface area (Å²) in [6.07, 6.45) is 4.90. The Hall–Kier alpha value is -0.530. The molecule has 0 radical (unpaired) electrons. The van der Waals surface area contributed by atoms with Crippen LogP contribution in [0.4, 0.5) is 0 Å². The Bertz CT molecular complexity index is 101. The van der Waals surface area contributed by atoms with Crippen molar-refractivity contribution in [3.05, 3.63) is 0 Å². The molecule has 2 nitrogen and oxygen atoms in total. The standard InChI is InChI=1S/C7H13NO/c1-2-9-8-7-5-3-4-6-7/h2-6H2,1H3. The number of hydrogen-bond donors (Lipinski definition) is 0. The molecule has 0 saturated heterocycles. The lowest BCUT2D eigenvalue weighted by atomic mass is 10.3. The van der Waals surface area contributed by atoms with Gasteiger partial charge < -0.3 is 4.84 Å². The van der Waals surface area contributed by atoms with Crippen molar-refractivity contribution in [1.29, 1.82) is 0 Å². The Balaban J connectivity index is 2.22. The van der Waals surface area contributed by atoms with Crippen LogP contribution in [0.3, 0.4) is 0 Å². The molecule has 1 rings (SSSR count). The maximum atomic E-state index is 4.91. The van der Waals surface area contributed by atoms with Crippen LogP contribution in [0.5, 0.6) is 0 Å². The summed E-state index contributed by atoms with van der Waals surface area (Å²) in [5.74, 6) is 0. The average Bonchev–Trinajstić information content (AvgIpc) is 2.34. The van der Waals surface area contributed by atoms with Crippen molar-refractivity contribution >= 4 is 5.71 Å². The van der Waals surface area contributed by atoms with Crippen LogP contribution in [0.25, 0.3) is 0 Å². The van der Waals surface area contributed by atoms with Crippen molar-refractivity contribution in [2.24, 2.45) is 5.16 Å². The highest BCUT2D eigenvalue weighted by Crippen LogP contribution is 2.14. The Morgan fingerprint density at radius 3 is 2.67 bits per heavy atom. The van der Waals surface area contributed by atoms with E-state index in [0.717, 1.165) is 12.8 Å². The fourth-order valence-electron chi connectivity index (χ4n) is 1.03. The highest BCUT2D eigenvalue weighted by molar-refractivity contribution is 5.85. The van der Waals surface area contributed by atoms with Gasteiger partial charge in [0.15, 0.2) is 0 Å². The summed E-state index contributed by atoms with van der Waals surface area (Å²) in [7, 11) is 0. The van der Waals surface area contributed by atoms with Gasteiger partial charge >= 0.3 is 0 Å². The lowest BCUT2D eigenvalue weighted by molar-refractivity contribution is 0.158. The minimum Gasteiger partial charge on any atom is -0.396 e. The van der Waals surface area contributed by atoms with Gasteiger partial charge in [-0.3, -0.25) is 0 Å². The molecule has 0 aromatic heterocycles. The van der Waals surface area contributed by atoms with Crippen molar-refractivity contribution in [3.63, 3.8) is 0 Å². The smallest absolute Gasteiger partial charge is 0.114 e. The molecule has 9 heavy (non-hydrogen) atoms. The second-order valence-corrected chi connectivity index (χ2v) is 2.28. The summed E-state index contributed by atoms with van der Waals surface area (Å²) in [5, 5.41) is 3.96. The molecule has 0 unspecified atom stereocenters. The van der Waals surface area contributed by atoms with Gasteiger partial charge in [-0.05, 0) is 32.6 Å². The molecule has 1 saturated carbocycles. The van der Waals surface area contributed by atoms with Crippen molar-refractivity contribution < 1.29 is 4.84 Å². The fourth-order valence-corrected chi connectivity index (χ4v) is 1.03. The van der Waals surface area contributed by atoms with Crippen molar-refractivity contribution in [1.82, 2.24) is 0 Å². The summed E-state index contributed by atoms with van der Waals surface area (Å²) in [4.78, 5) is 4.91. The van der Waals surface area contributed by atoms with Crippen molar-refractivity contribution in [2.45, 2.75) is 32.6 Å². The maximum absolute atomic E-state index is 4.91. The molecule has 2 heteroatoms. The second-order valence-electron chi connectivity index (χ2n) is 2.28. The van der Waals surface area contributed by atoms with Gasteiger partial charge in [-0.15, -0.1) is 0 Å². The monoisotopic (exact) mass is 127 g/mol. The predicted octanol–water partition coefficient (Wildman–Crippen LogP) is 1.95. The third-order valence-electron chi connectivity index (χ3n) is 1.50. The second kappa shape index (κ2) is 3.49. The van der Waals surface area contributed by atoms with Crippen LogP contribution in [0.15, 0.2) is 5.16 Å². The van der Waals surface area contributed by atoms with E-state index in [9.17, 15) is 0 Å². The SMILES string of the molecule is CCON=C1CCCC1. The van der Waals surface area contributed by atoms with Crippen molar-refractivity contribution in [2.75, 3.05) is 6.61 Å². The Kier molecular flexibility index (Phi) is 2.55. The first-order valence-electron chi connectivity index (χ1n) is 3.61. The van der Waals surface area contributed by atoms with E-state index in [1.807, 2.05) is 6.92 Å². The molecule has 0 heterocycles. The van der Waals surface area contributed by atoms with Gasteiger partial charge in [0.05, 0.1) is 5.71 Å². The van der Waals surface area contributed by atoms with Crippen LogP contribution < -0.4 is 0 Å². The number of hydrogen-bond acceptors (Lipinski definition) is 2. The fraction of sp³-hybridized carbons (Fsp3) is 0.857. The largest absolute Gasteiger partial charge is 0.396 e. The maximum Gasteiger partial charge on any atom is 0.114 e. The first kappa shape index (κ1) is 6.59. The zero-order chi connectivity index (χ0) is 6.53. The molecule has 0 N–H and O–H groups in total. The lowest BCUT2D eigenvalue weighted by Gasteiger charge is -1.93. The van der Waals surface area contributed by atoms with E-state index in [2.05, 4.69) is 5.16 Å². The van der Waals surface area contributed by atoms with Gasteiger partial charge in [-0.25, -0.2) is 0 Å². The molecule has 0 aromatic carbocycles. The van der Waals surface area contributed by atoms with Gasteiger partial charge in [-0.1, -0.05) is 5.16 Å². The van der Waals surface area contributed by atoms with E-state index in [1.165, 1.54) is 18.6 Å². The van der Waals surface area contributed by atoms with Gasteiger partial charge in [0.2, 0.25) is 0 Å². The molecule has 0 atom stereocenters. The average molecular weight is 127 g/mol. The van der Waals surface area contributed by atoms with E-state index in [-0.39, 0.29) is 0 Å². The summed E-state index contributed by atoms with van der Waals surface area (Å²) in [6, 6.07) is 0. The molecule has 1 fully saturated rings. The minimum atomic E-state index is 0.698.